The first-order valence-electron chi connectivity index (χ1n) is 16.8. The van der Waals surface area contributed by atoms with Gasteiger partial charge in [0, 0.05) is 0 Å². The molecule has 4 N–H and O–H groups in total. The van der Waals surface area contributed by atoms with Gasteiger partial charge < -0.3 is 0 Å². The van der Waals surface area contributed by atoms with Crippen LogP contribution in [0.3, 0.4) is 0 Å². The highest BCUT2D eigenvalue weighted by molar-refractivity contribution is 7.85. The maximum absolute atomic E-state index is 13.7. The lowest BCUT2D eigenvalue weighted by molar-refractivity contribution is -0.148. The van der Waals surface area contributed by atoms with Crippen molar-refractivity contribution in [2.24, 2.45) is 23.7 Å². The van der Waals surface area contributed by atoms with Crippen LogP contribution in [-0.2, 0) is 37.6 Å². The van der Waals surface area contributed by atoms with E-state index in [1.165, 1.54) is 66.6 Å². The molecule has 2 atom stereocenters. The molecule has 49 heavy (non-hydrogen) atoms. The third-order valence-corrected chi connectivity index (χ3v) is 9.53. The fourth-order valence-electron chi connectivity index (χ4n) is 6.08. The van der Waals surface area contributed by atoms with Crippen molar-refractivity contribution in [1.82, 2.24) is 30.7 Å². The standard InChI is InChI=1S/C28H42N6O4.C7H8O3S/c1-21(2)16-25(24(28(37)32-38)15-9-14-22-10-5-3-6-11-22)27(36)31-34(17-23-12-7-4-8-13-23)26(35)18-33-20-29-19-30-33;1-6-2-4-7(5-3-6)11(8,9)10/h4,7-8,12-13,19-22,24-25,38H,3,5-6,9-11,14-18H2,1-2H3,(H,31,36)(H,32,37);2-5H,1H3,(H,8,9,10)/t24-,25+;/m0./s1. The number of nitrogens with one attached hydrogen (secondary N) is 2. The third-order valence-electron chi connectivity index (χ3n) is 8.66. The van der Waals surface area contributed by atoms with Gasteiger partial charge in [-0.05, 0) is 49.3 Å². The summed E-state index contributed by atoms with van der Waals surface area (Å²) in [5.74, 6) is -1.94. The predicted molar refractivity (Wildman–Crippen MR) is 183 cm³/mol. The van der Waals surface area contributed by atoms with Gasteiger partial charge in [0.15, 0.2) is 0 Å². The Bertz CT molecular complexity index is 1540. The molecule has 0 saturated heterocycles. The van der Waals surface area contributed by atoms with Crippen molar-refractivity contribution in [1.29, 1.82) is 0 Å². The number of carbonyl (C=O) groups is 3. The molecular weight excluding hydrogens is 648 g/mol. The van der Waals surface area contributed by atoms with Gasteiger partial charge >= 0.3 is 0 Å². The van der Waals surface area contributed by atoms with Crippen LogP contribution in [0.4, 0.5) is 0 Å². The Balaban J connectivity index is 0.000000501. The molecule has 0 aliphatic heterocycles. The molecule has 2 aromatic carbocycles. The fourth-order valence-corrected chi connectivity index (χ4v) is 6.56. The lowest BCUT2D eigenvalue weighted by Gasteiger charge is -2.30. The summed E-state index contributed by atoms with van der Waals surface area (Å²) in [5, 5.41) is 14.8. The van der Waals surface area contributed by atoms with Gasteiger partial charge in [0.2, 0.25) is 11.8 Å². The van der Waals surface area contributed by atoms with Crippen molar-refractivity contribution in [2.45, 2.75) is 96.5 Å². The maximum Gasteiger partial charge on any atom is 0.294 e. The summed E-state index contributed by atoms with van der Waals surface area (Å²) < 4.78 is 30.9. The first kappa shape index (κ1) is 39.3. The normalized spacial score (nSPS) is 14.7. The summed E-state index contributed by atoms with van der Waals surface area (Å²) >= 11 is 0. The lowest BCUT2D eigenvalue weighted by atomic mass is 9.79. The maximum atomic E-state index is 13.7. The largest absolute Gasteiger partial charge is 0.294 e. The quantitative estimate of drug-likeness (QED) is 0.101. The summed E-state index contributed by atoms with van der Waals surface area (Å²) in [6.45, 7) is 5.90. The van der Waals surface area contributed by atoms with Crippen molar-refractivity contribution >= 4 is 27.8 Å². The van der Waals surface area contributed by atoms with Gasteiger partial charge in [0.05, 0.1) is 23.3 Å². The first-order valence-corrected chi connectivity index (χ1v) is 18.3. The highest BCUT2D eigenvalue weighted by atomic mass is 32.2. The van der Waals surface area contributed by atoms with Crippen LogP contribution in [0.15, 0.2) is 72.1 Å². The van der Waals surface area contributed by atoms with Gasteiger partial charge in [0.25, 0.3) is 16.0 Å². The van der Waals surface area contributed by atoms with Crippen LogP contribution < -0.4 is 10.9 Å². The lowest BCUT2D eigenvalue weighted by Crippen LogP contribution is -2.51. The van der Waals surface area contributed by atoms with Crippen molar-refractivity contribution < 1.29 is 32.6 Å². The number of hydrogen-bond donors (Lipinski definition) is 4. The zero-order valence-corrected chi connectivity index (χ0v) is 29.4. The molecule has 0 unspecified atom stereocenters. The number of rotatable bonds is 14. The van der Waals surface area contributed by atoms with Crippen LogP contribution in [0.2, 0.25) is 0 Å². The topological polar surface area (TPSA) is 184 Å². The smallest absolute Gasteiger partial charge is 0.289 e. The number of carbonyl (C=O) groups excluding carboxylic acids is 3. The van der Waals surface area contributed by atoms with Gasteiger partial charge in [-0.2, -0.15) is 13.5 Å². The monoisotopic (exact) mass is 698 g/mol. The van der Waals surface area contributed by atoms with Gasteiger partial charge in [0.1, 0.15) is 19.2 Å². The molecule has 0 spiro atoms. The molecular formula is C35H50N6O7S. The Morgan fingerprint density at radius 2 is 1.65 bits per heavy atom. The van der Waals surface area contributed by atoms with Crippen LogP contribution in [0.5, 0.6) is 0 Å². The number of aromatic nitrogens is 3. The summed E-state index contributed by atoms with van der Waals surface area (Å²) in [7, 11) is -4.02. The Morgan fingerprint density at radius 1 is 0.980 bits per heavy atom. The Kier molecular flexibility index (Phi) is 15.8. The van der Waals surface area contributed by atoms with Gasteiger partial charge in [-0.3, -0.25) is 29.6 Å². The van der Waals surface area contributed by atoms with Crippen LogP contribution in [0.1, 0.15) is 82.8 Å². The summed E-state index contributed by atoms with van der Waals surface area (Å²) in [5.41, 5.74) is 6.39. The molecule has 0 radical (unpaired) electrons. The molecule has 3 amide bonds. The number of amides is 3. The number of hydroxylamine groups is 1. The van der Waals surface area contributed by atoms with E-state index >= 15 is 0 Å². The summed E-state index contributed by atoms with van der Waals surface area (Å²) in [6.07, 6.45) is 11.8. The minimum absolute atomic E-state index is 0.0666. The SMILES string of the molecule is CC(C)C[C@@H](C(=O)NN(Cc1ccccc1)C(=O)Cn1cncn1)[C@H](CCCC1CCCCC1)C(=O)NO.Cc1ccc(S(=O)(=O)O)cc1. The Labute approximate surface area is 289 Å². The molecule has 268 valence electrons. The van der Waals surface area contributed by atoms with Crippen LogP contribution in [0, 0.1) is 30.6 Å². The second-order valence-electron chi connectivity index (χ2n) is 13.1. The van der Waals surface area contributed by atoms with E-state index in [1.807, 2.05) is 51.1 Å². The molecule has 3 aromatic rings. The van der Waals surface area contributed by atoms with Crippen molar-refractivity contribution in [2.75, 3.05) is 0 Å². The van der Waals surface area contributed by atoms with Crippen molar-refractivity contribution in [3.63, 3.8) is 0 Å². The van der Waals surface area contributed by atoms with Gasteiger partial charge in [-0.1, -0.05) is 107 Å². The second kappa shape index (κ2) is 19.8. The molecule has 0 bridgehead atoms. The molecule has 14 heteroatoms. The zero-order valence-electron chi connectivity index (χ0n) is 28.6. The van der Waals surface area contributed by atoms with E-state index in [4.69, 9.17) is 4.55 Å². The van der Waals surface area contributed by atoms with E-state index in [1.54, 1.807) is 17.6 Å². The van der Waals surface area contributed by atoms with E-state index in [-0.39, 0.29) is 29.8 Å². The minimum Gasteiger partial charge on any atom is -0.289 e. The molecule has 4 rings (SSSR count). The Hall–Kier alpha value is -4.14. The molecule has 1 saturated carbocycles. The molecule has 1 aliphatic rings. The Morgan fingerprint density at radius 3 is 2.22 bits per heavy atom. The average Bonchev–Trinajstić information content (AvgIpc) is 3.59. The molecule has 1 fully saturated rings. The highest BCUT2D eigenvalue weighted by Gasteiger charge is 2.35. The predicted octanol–water partition coefficient (Wildman–Crippen LogP) is 5.11. The van der Waals surface area contributed by atoms with E-state index in [0.29, 0.717) is 18.8 Å². The highest BCUT2D eigenvalue weighted by Crippen LogP contribution is 2.31. The van der Waals surface area contributed by atoms with Crippen molar-refractivity contribution in [3.05, 3.63) is 78.4 Å². The minimum atomic E-state index is -4.02. The summed E-state index contributed by atoms with van der Waals surface area (Å²) in [6, 6.07) is 15.4. The molecule has 1 heterocycles. The van der Waals surface area contributed by atoms with Gasteiger partial charge in [-0.25, -0.2) is 20.2 Å². The van der Waals surface area contributed by atoms with Crippen molar-refractivity contribution in [3.8, 4) is 0 Å². The summed E-state index contributed by atoms with van der Waals surface area (Å²) in [4.78, 5) is 43.5. The van der Waals surface area contributed by atoms with Gasteiger partial charge in [-0.15, -0.1) is 0 Å². The zero-order chi connectivity index (χ0) is 35.8. The van der Waals surface area contributed by atoms with Crippen LogP contribution in [0.25, 0.3) is 0 Å². The van der Waals surface area contributed by atoms with Crippen LogP contribution in [-0.4, -0.2) is 55.7 Å². The number of benzene rings is 2. The third kappa shape index (κ3) is 13.7. The number of nitrogens with zero attached hydrogens (tertiary/aromatic N) is 4. The second-order valence-corrected chi connectivity index (χ2v) is 14.5. The number of aryl methyl sites for hydroxylation is 1. The van der Waals surface area contributed by atoms with Crippen LogP contribution >= 0.6 is 0 Å². The van der Waals surface area contributed by atoms with E-state index in [0.717, 1.165) is 24.0 Å². The molecule has 1 aliphatic carbocycles. The number of hydrazine groups is 1. The number of hydrogen-bond acceptors (Lipinski definition) is 8. The first-order chi connectivity index (χ1) is 23.4. The molecule has 13 nitrogen and oxygen atoms in total. The molecule has 1 aromatic heterocycles. The average molecular weight is 699 g/mol. The van der Waals surface area contributed by atoms with E-state index < -0.39 is 33.8 Å². The fraction of sp³-hybridized carbons (Fsp3) is 0.514. The van der Waals surface area contributed by atoms with E-state index in [2.05, 4.69) is 15.5 Å². The van der Waals surface area contributed by atoms with E-state index in [9.17, 15) is 28.0 Å².